The van der Waals surface area contributed by atoms with Gasteiger partial charge in [-0.2, -0.15) is 0 Å². The topological polar surface area (TPSA) is 40.5 Å². The molecule has 0 radical (unpaired) electrons. The lowest BCUT2D eigenvalue weighted by Gasteiger charge is -2.25. The normalized spacial score (nSPS) is 31.9. The highest BCUT2D eigenvalue weighted by Crippen LogP contribution is 2.28. The van der Waals surface area contributed by atoms with Gasteiger partial charge in [0.25, 0.3) is 0 Å². The number of aliphatic hydroxyl groups is 2. The Morgan fingerprint density at radius 1 is 1.35 bits per heavy atom. The second kappa shape index (κ2) is 6.18. The van der Waals surface area contributed by atoms with Gasteiger partial charge in [0.2, 0.25) is 0 Å². The van der Waals surface area contributed by atoms with Gasteiger partial charge in [0.05, 0.1) is 12.2 Å². The zero-order chi connectivity index (χ0) is 13.0. The van der Waals surface area contributed by atoms with E-state index < -0.39 is 12.2 Å². The molecule has 1 aliphatic carbocycles. The molecule has 0 bridgehead atoms. The van der Waals surface area contributed by atoms with E-state index in [-0.39, 0.29) is 0 Å². The average molecular weight is 236 g/mol. The van der Waals surface area contributed by atoms with E-state index in [2.05, 4.69) is 20.1 Å². The van der Waals surface area contributed by atoms with Gasteiger partial charge in [-0.1, -0.05) is 30.4 Å². The summed E-state index contributed by atoms with van der Waals surface area (Å²) in [6, 6.07) is 0. The maximum absolute atomic E-state index is 10.0. The monoisotopic (exact) mass is 236 g/mol. The molecular formula is C15H24O2. The van der Waals surface area contributed by atoms with Crippen LogP contribution in [0.1, 0.15) is 39.5 Å². The second-order valence-electron chi connectivity index (χ2n) is 5.21. The van der Waals surface area contributed by atoms with Gasteiger partial charge in [0.1, 0.15) is 0 Å². The molecule has 0 amide bonds. The zero-order valence-corrected chi connectivity index (χ0v) is 10.9. The first kappa shape index (κ1) is 14.2. The maximum Gasteiger partial charge on any atom is 0.0806 e. The smallest absolute Gasteiger partial charge is 0.0806 e. The van der Waals surface area contributed by atoms with Crippen LogP contribution in [-0.4, -0.2) is 22.4 Å². The third-order valence-electron chi connectivity index (χ3n) is 3.64. The number of hydrogen-bond donors (Lipinski definition) is 2. The highest BCUT2D eigenvalue weighted by atomic mass is 16.3. The Labute approximate surface area is 104 Å². The van der Waals surface area contributed by atoms with Crippen LogP contribution in [0.3, 0.4) is 0 Å². The third-order valence-corrected chi connectivity index (χ3v) is 3.64. The highest BCUT2D eigenvalue weighted by Gasteiger charge is 2.22. The number of allylic oxidation sites excluding steroid dienone is 2. The van der Waals surface area contributed by atoms with Crippen molar-refractivity contribution in [2.75, 3.05) is 0 Å². The van der Waals surface area contributed by atoms with Gasteiger partial charge >= 0.3 is 0 Å². The van der Waals surface area contributed by atoms with Crippen molar-refractivity contribution in [3.8, 4) is 0 Å². The van der Waals surface area contributed by atoms with Crippen molar-refractivity contribution in [1.82, 2.24) is 0 Å². The van der Waals surface area contributed by atoms with Gasteiger partial charge in [0, 0.05) is 0 Å². The van der Waals surface area contributed by atoms with Crippen LogP contribution in [0.4, 0.5) is 0 Å². The van der Waals surface area contributed by atoms with E-state index >= 15 is 0 Å². The molecule has 0 saturated heterocycles. The molecule has 2 N–H and O–H groups in total. The van der Waals surface area contributed by atoms with Crippen molar-refractivity contribution >= 4 is 0 Å². The molecule has 0 saturated carbocycles. The highest BCUT2D eigenvalue weighted by molar-refractivity contribution is 5.15. The summed E-state index contributed by atoms with van der Waals surface area (Å²) >= 11 is 0. The lowest BCUT2D eigenvalue weighted by Crippen LogP contribution is -2.24. The molecule has 0 fully saturated rings. The first-order valence-electron chi connectivity index (χ1n) is 6.27. The molecule has 0 aromatic heterocycles. The summed E-state index contributed by atoms with van der Waals surface area (Å²) in [5.41, 5.74) is 2.92. The SMILES string of the molecule is C=C1C(O)CC=C(C)CC[C@H](C(=C)C)CC1O. The molecule has 2 nitrogen and oxygen atoms in total. The zero-order valence-electron chi connectivity index (χ0n) is 10.9. The summed E-state index contributed by atoms with van der Waals surface area (Å²) in [6.07, 6.45) is 3.98. The summed E-state index contributed by atoms with van der Waals surface area (Å²) in [6.45, 7) is 11.9. The first-order chi connectivity index (χ1) is 7.91. The third kappa shape index (κ3) is 4.14. The van der Waals surface area contributed by atoms with E-state index in [1.165, 1.54) is 5.57 Å². The minimum absolute atomic E-state index is 0.301. The van der Waals surface area contributed by atoms with Crippen molar-refractivity contribution in [2.24, 2.45) is 5.92 Å². The number of rotatable bonds is 1. The van der Waals surface area contributed by atoms with Crippen LogP contribution in [0, 0.1) is 5.92 Å². The van der Waals surface area contributed by atoms with E-state index in [0.717, 1.165) is 18.4 Å². The number of hydrogen-bond acceptors (Lipinski definition) is 2. The number of aliphatic hydroxyl groups excluding tert-OH is 2. The van der Waals surface area contributed by atoms with E-state index in [4.69, 9.17) is 0 Å². The Kier molecular flexibility index (Phi) is 5.16. The summed E-state index contributed by atoms with van der Waals surface area (Å²) in [7, 11) is 0. The van der Waals surface area contributed by atoms with Crippen LogP contribution in [0.25, 0.3) is 0 Å². The Morgan fingerprint density at radius 3 is 2.59 bits per heavy atom. The van der Waals surface area contributed by atoms with Gasteiger partial charge in [-0.05, 0) is 51.0 Å². The Hall–Kier alpha value is -0.860. The Bertz CT molecular complexity index is 328. The van der Waals surface area contributed by atoms with Gasteiger partial charge in [-0.25, -0.2) is 0 Å². The van der Waals surface area contributed by atoms with Crippen LogP contribution >= 0.6 is 0 Å². The molecular weight excluding hydrogens is 212 g/mol. The van der Waals surface area contributed by atoms with E-state index in [1.54, 1.807) is 0 Å². The molecule has 2 unspecified atom stereocenters. The summed E-state index contributed by atoms with van der Waals surface area (Å²) < 4.78 is 0. The summed E-state index contributed by atoms with van der Waals surface area (Å²) in [5, 5.41) is 19.9. The van der Waals surface area contributed by atoms with Crippen molar-refractivity contribution < 1.29 is 10.2 Å². The molecule has 1 rings (SSSR count). The fourth-order valence-electron chi connectivity index (χ4n) is 2.18. The van der Waals surface area contributed by atoms with Crippen LogP contribution in [-0.2, 0) is 0 Å². The maximum atomic E-state index is 10.0. The van der Waals surface area contributed by atoms with Crippen molar-refractivity contribution in [3.63, 3.8) is 0 Å². The van der Waals surface area contributed by atoms with Crippen molar-refractivity contribution in [1.29, 1.82) is 0 Å². The van der Waals surface area contributed by atoms with Gasteiger partial charge in [-0.3, -0.25) is 0 Å². The summed E-state index contributed by atoms with van der Waals surface area (Å²) in [4.78, 5) is 0. The first-order valence-corrected chi connectivity index (χ1v) is 6.27. The molecule has 3 atom stereocenters. The molecule has 2 heteroatoms. The van der Waals surface area contributed by atoms with Crippen LogP contribution < -0.4 is 0 Å². The Balaban J connectivity index is 2.86. The second-order valence-corrected chi connectivity index (χ2v) is 5.21. The van der Waals surface area contributed by atoms with Gasteiger partial charge in [0.15, 0.2) is 0 Å². The molecule has 0 heterocycles. The largest absolute Gasteiger partial charge is 0.389 e. The molecule has 96 valence electrons. The Morgan fingerprint density at radius 2 is 2.00 bits per heavy atom. The quantitative estimate of drug-likeness (QED) is 0.687. The molecule has 0 aromatic rings. The minimum Gasteiger partial charge on any atom is -0.389 e. The van der Waals surface area contributed by atoms with Crippen molar-refractivity contribution in [2.45, 2.75) is 51.7 Å². The van der Waals surface area contributed by atoms with E-state index in [0.29, 0.717) is 24.3 Å². The predicted octanol–water partition coefficient (Wildman–Crippen LogP) is 2.98. The predicted molar refractivity (Wildman–Crippen MR) is 71.7 cm³/mol. The molecule has 0 aromatic carbocycles. The van der Waals surface area contributed by atoms with Crippen LogP contribution in [0.5, 0.6) is 0 Å². The lowest BCUT2D eigenvalue weighted by atomic mass is 9.85. The minimum atomic E-state index is -0.635. The standard InChI is InChI=1S/C15H24O2/c1-10(2)13-7-5-11(3)6-8-14(16)12(4)15(17)9-13/h6,13-17H,1,4-5,7-9H2,2-3H3/t13-,14?,15?/m0/s1. The van der Waals surface area contributed by atoms with Crippen molar-refractivity contribution in [3.05, 3.63) is 36.0 Å². The molecule has 0 spiro atoms. The molecule has 0 aliphatic heterocycles. The fourth-order valence-corrected chi connectivity index (χ4v) is 2.18. The average Bonchev–Trinajstić information content (AvgIpc) is 2.28. The van der Waals surface area contributed by atoms with E-state index in [9.17, 15) is 10.2 Å². The van der Waals surface area contributed by atoms with Gasteiger partial charge < -0.3 is 10.2 Å². The molecule has 1 aliphatic rings. The summed E-state index contributed by atoms with van der Waals surface area (Å²) in [5.74, 6) is 0.301. The lowest BCUT2D eigenvalue weighted by molar-refractivity contribution is 0.128. The molecule has 17 heavy (non-hydrogen) atoms. The van der Waals surface area contributed by atoms with Gasteiger partial charge in [-0.15, -0.1) is 0 Å². The fraction of sp³-hybridized carbons (Fsp3) is 0.600. The van der Waals surface area contributed by atoms with Crippen LogP contribution in [0.15, 0.2) is 36.0 Å². The van der Waals surface area contributed by atoms with Crippen LogP contribution in [0.2, 0.25) is 0 Å². The van der Waals surface area contributed by atoms with E-state index in [1.807, 2.05) is 13.0 Å².